The number of aliphatic imine (C=N–C) groups is 1. The number of anilines is 6. The van der Waals surface area contributed by atoms with E-state index in [0.29, 0.717) is 75.3 Å². The van der Waals surface area contributed by atoms with Gasteiger partial charge in [-0.1, -0.05) is 106 Å². The molecule has 0 spiro atoms. The van der Waals surface area contributed by atoms with Crippen molar-refractivity contribution < 1.29 is 48.8 Å². The van der Waals surface area contributed by atoms with Crippen molar-refractivity contribution in [1.82, 2.24) is 29.7 Å². The third kappa shape index (κ3) is 19.8. The van der Waals surface area contributed by atoms with Gasteiger partial charge in [0.2, 0.25) is 0 Å². The molecule has 3 aliphatic heterocycles. The quantitative estimate of drug-likeness (QED) is 0.0258. The maximum absolute atomic E-state index is 12.9. The first-order valence-electron chi connectivity index (χ1n) is 31.6. The van der Waals surface area contributed by atoms with Crippen LogP contribution in [0.4, 0.5) is 34.5 Å². The molecule has 528 valence electrons. The van der Waals surface area contributed by atoms with Gasteiger partial charge in [0.05, 0.1) is 68.6 Å². The van der Waals surface area contributed by atoms with E-state index < -0.39 is 35.4 Å². The molecule has 6 heterocycles. The Morgan fingerprint density at radius 1 is 0.398 bits per heavy atom. The molecule has 0 radical (unpaired) electrons. The summed E-state index contributed by atoms with van der Waals surface area (Å²) >= 11 is 35.6. The lowest BCUT2D eigenvalue weighted by Crippen LogP contribution is -2.40. The SMILES string of the molecule is CN1CCN=C1c1ccc(C(=O)Nc2c(O)cc(Cl)cc2C(=O)Nc2ccc(Cl)cn2)cc1.N=C(c1ccc(C(=O)Nc2c(O)cc(Cl)cc2C(=O)Nc2ccc(Cl)cn2)cc1)N1CCCCC1.N=C(c1ccc(C(=O)Nc2c(O)cc(Cl)cc2C(=O)Nc2ccc(Cl)cn2)cc1)N1CCOCC1. The number of aromatic hydroxyl groups is 3. The molecule has 6 aromatic carbocycles. The van der Waals surface area contributed by atoms with Crippen LogP contribution in [0.15, 0.2) is 169 Å². The first kappa shape index (κ1) is 74.8. The number of hydrogen-bond donors (Lipinski definition) is 11. The highest BCUT2D eigenvalue weighted by molar-refractivity contribution is 6.34. The smallest absolute Gasteiger partial charge is 0.259 e. The van der Waals surface area contributed by atoms with Crippen LogP contribution in [0.3, 0.4) is 0 Å². The zero-order valence-corrected chi connectivity index (χ0v) is 59.0. The summed E-state index contributed by atoms with van der Waals surface area (Å²) in [5.41, 5.74) is 2.84. The van der Waals surface area contributed by atoms with Crippen molar-refractivity contribution in [1.29, 1.82) is 10.8 Å². The Balaban J connectivity index is 0.000000166. The van der Waals surface area contributed by atoms with E-state index in [2.05, 4.69) is 51.8 Å². The van der Waals surface area contributed by atoms with Crippen molar-refractivity contribution in [3.8, 4) is 17.2 Å². The lowest BCUT2D eigenvalue weighted by molar-refractivity contribution is 0.0680. The molecular weight excluding hydrogens is 1450 g/mol. The van der Waals surface area contributed by atoms with E-state index in [1.807, 2.05) is 21.7 Å². The highest BCUT2D eigenvalue weighted by Gasteiger charge is 2.26. The second-order valence-electron chi connectivity index (χ2n) is 23.1. The molecule has 2 saturated heterocycles. The molecule has 6 amide bonds. The summed E-state index contributed by atoms with van der Waals surface area (Å²) in [5.74, 6) is -2.16. The van der Waals surface area contributed by atoms with Crippen molar-refractivity contribution in [2.75, 3.05) is 91.4 Å². The highest BCUT2D eigenvalue weighted by atomic mass is 35.5. The summed E-state index contributed by atoms with van der Waals surface area (Å²) in [5, 5.41) is 65.2. The molecule has 0 unspecified atom stereocenters. The number of pyridine rings is 3. The molecule has 9 aromatic rings. The van der Waals surface area contributed by atoms with Crippen LogP contribution in [0.2, 0.25) is 30.1 Å². The van der Waals surface area contributed by atoms with Crippen LogP contribution in [-0.4, -0.2) is 157 Å². The van der Waals surface area contributed by atoms with E-state index >= 15 is 0 Å². The number of ether oxygens (including phenoxy) is 1. The molecular formula is C72H63Cl6N15O10. The fourth-order valence-electron chi connectivity index (χ4n) is 10.6. The number of morpholine rings is 1. The van der Waals surface area contributed by atoms with Gasteiger partial charge in [-0.05, 0) is 110 Å². The topological polar surface area (TPSA) is 353 Å². The van der Waals surface area contributed by atoms with Gasteiger partial charge in [-0.15, -0.1) is 0 Å². The number of nitrogens with one attached hydrogen (secondary N) is 8. The summed E-state index contributed by atoms with van der Waals surface area (Å²) < 4.78 is 5.32. The average Bonchev–Trinajstić information content (AvgIpc) is 1.17. The Labute approximate surface area is 619 Å². The first-order valence-corrected chi connectivity index (χ1v) is 33.8. The molecule has 103 heavy (non-hydrogen) atoms. The van der Waals surface area contributed by atoms with E-state index in [0.717, 1.165) is 50.4 Å². The van der Waals surface area contributed by atoms with Crippen molar-refractivity contribution in [2.24, 2.45) is 4.99 Å². The van der Waals surface area contributed by atoms with Crippen LogP contribution in [-0.2, 0) is 4.74 Å². The monoisotopic (exact) mass is 1510 g/mol. The number of phenols is 3. The first-order chi connectivity index (χ1) is 49.4. The molecule has 3 aliphatic rings. The number of aromatic nitrogens is 3. The summed E-state index contributed by atoms with van der Waals surface area (Å²) in [6.07, 6.45) is 7.45. The predicted molar refractivity (Wildman–Crippen MR) is 400 cm³/mol. The van der Waals surface area contributed by atoms with E-state index in [1.165, 1.54) is 79.6 Å². The Morgan fingerprint density at radius 3 is 1.05 bits per heavy atom. The lowest BCUT2D eigenvalue weighted by atomic mass is 10.1. The predicted octanol–water partition coefficient (Wildman–Crippen LogP) is 14.0. The number of benzene rings is 6. The normalized spacial score (nSPS) is 13.2. The van der Waals surface area contributed by atoms with Crippen LogP contribution in [0.25, 0.3) is 0 Å². The van der Waals surface area contributed by atoms with Crippen molar-refractivity contribution in [3.05, 3.63) is 244 Å². The van der Waals surface area contributed by atoms with Gasteiger partial charge in [0.25, 0.3) is 35.4 Å². The van der Waals surface area contributed by atoms with Crippen LogP contribution < -0.4 is 31.9 Å². The fourth-order valence-corrected chi connectivity index (χ4v) is 11.6. The minimum atomic E-state index is -0.637. The number of piperidine rings is 1. The van der Waals surface area contributed by atoms with Crippen molar-refractivity contribution in [3.63, 3.8) is 0 Å². The lowest BCUT2D eigenvalue weighted by Gasteiger charge is -2.29. The molecule has 0 aliphatic carbocycles. The van der Waals surface area contributed by atoms with Gasteiger partial charge in [-0.3, -0.25) is 44.6 Å². The maximum atomic E-state index is 12.9. The Morgan fingerprint density at radius 2 is 0.728 bits per heavy atom. The van der Waals surface area contributed by atoms with Gasteiger partial charge >= 0.3 is 0 Å². The number of amidine groups is 3. The Kier molecular flexibility index (Phi) is 25.2. The van der Waals surface area contributed by atoms with Crippen molar-refractivity contribution >= 4 is 157 Å². The minimum absolute atomic E-state index is 0.0244. The van der Waals surface area contributed by atoms with Gasteiger partial charge < -0.3 is 66.7 Å². The third-order valence-electron chi connectivity index (χ3n) is 15.9. The van der Waals surface area contributed by atoms with Gasteiger partial charge in [0, 0.05) is 125 Å². The number of nitrogens with zero attached hydrogens (tertiary/aromatic N) is 7. The maximum Gasteiger partial charge on any atom is 0.259 e. The number of carbonyl (C=O) groups is 6. The fraction of sp³-hybridized carbons (Fsp3) is 0.167. The molecule has 11 N–H and O–H groups in total. The number of rotatable bonds is 15. The Bertz CT molecular complexity index is 4500. The number of halogens is 6. The highest BCUT2D eigenvalue weighted by Crippen LogP contribution is 2.36. The molecule has 31 heteroatoms. The summed E-state index contributed by atoms with van der Waals surface area (Å²) in [6.45, 7) is 5.69. The minimum Gasteiger partial charge on any atom is -0.506 e. The number of likely N-dealkylation sites (tertiary alicyclic amines) is 1. The standard InChI is InChI=1S/C25H23Cl2N5O3.C24H21Cl2N5O4.C23H19Cl2N5O3/c26-17-8-9-21(29-14-17)30-25(35)19-12-18(27)13-20(33)22(19)31-24(34)16-6-4-15(5-7-16)23(28)32-10-2-1-3-11-32;25-16-5-6-20(28-13-16)29-24(34)18-11-17(26)12-19(32)21(18)30-23(33)15-3-1-14(2-4-15)22(27)31-7-9-35-10-8-31;1-30-9-8-26-21(30)13-2-4-14(5-3-13)22(32)29-20-17(10-16(25)11-18(20)31)23(33)28-19-7-6-15(24)12-27-19/h4-9,12-14,28,33H,1-3,10-11H2,(H,31,34)(H,29,30,35);1-6,11-13,27,32H,7-10H2,(H,30,33)(H,28,29,34);2-7,10-12,31H,8-9H2,1H3,(H,29,32)(H,27,28,33). The number of carbonyl (C=O) groups excluding carboxylic acids is 6. The number of likely N-dealkylation sites (N-methyl/N-ethyl adjacent to an activating group) is 1. The average molecular weight is 1510 g/mol. The summed E-state index contributed by atoms with van der Waals surface area (Å²) in [6, 6.07) is 37.0. The zero-order valence-electron chi connectivity index (χ0n) is 54.5. The second kappa shape index (κ2) is 34.6. The second-order valence-corrected chi connectivity index (χ2v) is 25.7. The molecule has 25 nitrogen and oxygen atoms in total. The largest absolute Gasteiger partial charge is 0.506 e. The molecule has 12 rings (SSSR count). The van der Waals surface area contributed by atoms with Gasteiger partial charge in [0.1, 0.15) is 52.2 Å². The molecule has 3 aromatic heterocycles. The van der Waals surface area contributed by atoms with E-state index in [9.17, 15) is 44.1 Å². The van der Waals surface area contributed by atoms with E-state index in [1.54, 1.807) is 91.0 Å². The van der Waals surface area contributed by atoms with Crippen LogP contribution >= 0.6 is 69.6 Å². The van der Waals surface area contributed by atoms with Gasteiger partial charge in [0.15, 0.2) is 0 Å². The number of amides is 6. The molecule has 0 saturated carbocycles. The van der Waals surface area contributed by atoms with Crippen LogP contribution in [0.1, 0.15) is 98.1 Å². The number of hydrogen-bond acceptors (Lipinski definition) is 17. The summed E-state index contributed by atoms with van der Waals surface area (Å²) in [4.78, 5) is 99.8. The van der Waals surface area contributed by atoms with E-state index in [4.69, 9.17) is 85.2 Å². The van der Waals surface area contributed by atoms with E-state index in [-0.39, 0.29) is 89.1 Å². The Hall–Kier alpha value is -10.9. The van der Waals surface area contributed by atoms with Crippen LogP contribution in [0.5, 0.6) is 17.2 Å². The zero-order chi connectivity index (χ0) is 73.4. The van der Waals surface area contributed by atoms with Gasteiger partial charge in [-0.2, -0.15) is 0 Å². The van der Waals surface area contributed by atoms with Gasteiger partial charge in [-0.25, -0.2) is 15.0 Å². The van der Waals surface area contributed by atoms with Crippen molar-refractivity contribution in [2.45, 2.75) is 19.3 Å². The third-order valence-corrected chi connectivity index (χ3v) is 17.2. The number of phenolic OH excluding ortho intramolecular Hbond substituents is 3. The summed E-state index contributed by atoms with van der Waals surface area (Å²) in [7, 11) is 1.96. The van der Waals surface area contributed by atoms with Crippen LogP contribution in [0, 0.1) is 10.8 Å². The molecule has 2 fully saturated rings. The molecule has 0 atom stereocenters. The molecule has 0 bridgehead atoms.